The van der Waals surface area contributed by atoms with Gasteiger partial charge in [-0.05, 0) is 37.9 Å². The average Bonchev–Trinajstić information content (AvgIpc) is 3.04. The molecule has 1 aromatic carbocycles. The summed E-state index contributed by atoms with van der Waals surface area (Å²) in [6.07, 6.45) is 1.88. The van der Waals surface area contributed by atoms with E-state index in [-0.39, 0.29) is 18.2 Å². The highest BCUT2D eigenvalue weighted by Gasteiger charge is 2.43. The number of aliphatic carboxylic acids is 1. The van der Waals surface area contributed by atoms with Crippen LogP contribution in [0, 0.1) is 0 Å². The van der Waals surface area contributed by atoms with E-state index in [1.54, 1.807) is 4.90 Å². The van der Waals surface area contributed by atoms with Gasteiger partial charge in [0.05, 0.1) is 12.0 Å². The fourth-order valence-electron chi connectivity index (χ4n) is 3.45. The van der Waals surface area contributed by atoms with Crippen molar-refractivity contribution in [2.45, 2.75) is 37.6 Å². The lowest BCUT2D eigenvalue weighted by molar-refractivity contribution is -0.137. The van der Waals surface area contributed by atoms with Crippen molar-refractivity contribution in [3.8, 4) is 0 Å². The summed E-state index contributed by atoms with van der Waals surface area (Å²) in [5, 5.41) is 12.4. The molecule has 1 saturated heterocycles. The van der Waals surface area contributed by atoms with E-state index in [0.717, 1.165) is 30.6 Å². The van der Waals surface area contributed by atoms with Crippen LogP contribution in [-0.2, 0) is 9.59 Å². The Morgan fingerprint density at radius 3 is 2.86 bits per heavy atom. The molecule has 21 heavy (non-hydrogen) atoms. The summed E-state index contributed by atoms with van der Waals surface area (Å²) in [6.45, 7) is 3.26. The van der Waals surface area contributed by atoms with Gasteiger partial charge in [-0.15, -0.1) is 0 Å². The summed E-state index contributed by atoms with van der Waals surface area (Å²) in [5.41, 5.74) is 1.31. The highest BCUT2D eigenvalue weighted by Crippen LogP contribution is 2.39. The molecule has 0 radical (unpaired) electrons. The van der Waals surface area contributed by atoms with Crippen LogP contribution in [0.3, 0.4) is 0 Å². The van der Waals surface area contributed by atoms with Gasteiger partial charge in [0.1, 0.15) is 0 Å². The van der Waals surface area contributed by atoms with Gasteiger partial charge >= 0.3 is 5.97 Å². The van der Waals surface area contributed by atoms with Crippen LogP contribution in [-0.4, -0.2) is 35.6 Å². The second-order valence-corrected chi connectivity index (χ2v) is 6.13. The molecule has 0 saturated carbocycles. The molecule has 2 aliphatic rings. The molecule has 0 spiro atoms. The average molecular weight is 288 g/mol. The molecule has 5 heteroatoms. The fourth-order valence-corrected chi connectivity index (χ4v) is 3.45. The number of carbonyl (C=O) groups excluding carboxylic acids is 1. The zero-order valence-electron chi connectivity index (χ0n) is 12.1. The predicted molar refractivity (Wildman–Crippen MR) is 79.4 cm³/mol. The van der Waals surface area contributed by atoms with E-state index in [1.165, 1.54) is 0 Å². The van der Waals surface area contributed by atoms with Crippen LogP contribution in [0.2, 0.25) is 0 Å². The molecule has 1 fully saturated rings. The lowest BCUT2D eigenvalue weighted by atomic mass is 9.98. The molecule has 3 rings (SSSR count). The summed E-state index contributed by atoms with van der Waals surface area (Å²) in [4.78, 5) is 25.7. The van der Waals surface area contributed by atoms with Crippen LogP contribution in [0.5, 0.6) is 0 Å². The van der Waals surface area contributed by atoms with Crippen LogP contribution in [0.25, 0.3) is 0 Å². The minimum atomic E-state index is -0.825. The summed E-state index contributed by atoms with van der Waals surface area (Å²) in [6, 6.07) is 7.64. The molecular formula is C16H20N2O3. The quantitative estimate of drug-likeness (QED) is 0.889. The van der Waals surface area contributed by atoms with Crippen molar-refractivity contribution in [1.82, 2.24) is 5.32 Å². The number of hydrogen-bond donors (Lipinski definition) is 2. The number of hydrogen-bond acceptors (Lipinski definition) is 3. The topological polar surface area (TPSA) is 69.6 Å². The van der Waals surface area contributed by atoms with Gasteiger partial charge in [-0.1, -0.05) is 18.2 Å². The van der Waals surface area contributed by atoms with Crippen molar-refractivity contribution in [3.05, 3.63) is 29.8 Å². The molecule has 2 N–H and O–H groups in total. The minimum absolute atomic E-state index is 0.0559. The Hall–Kier alpha value is -1.88. The zero-order chi connectivity index (χ0) is 15.0. The maximum absolute atomic E-state index is 12.9. The highest BCUT2D eigenvalue weighted by molar-refractivity contribution is 6.02. The molecule has 0 bridgehead atoms. The molecular weight excluding hydrogens is 268 g/mol. The molecule has 2 atom stereocenters. The van der Waals surface area contributed by atoms with Crippen LogP contribution in [0.15, 0.2) is 24.3 Å². The third-order valence-corrected chi connectivity index (χ3v) is 4.58. The number of amides is 1. The number of benzene rings is 1. The van der Waals surface area contributed by atoms with Crippen LogP contribution in [0.4, 0.5) is 5.69 Å². The van der Waals surface area contributed by atoms with Crippen molar-refractivity contribution in [2.75, 3.05) is 18.0 Å². The molecule has 0 aliphatic carbocycles. The molecule has 1 amide bonds. The van der Waals surface area contributed by atoms with Gasteiger partial charge in [0.2, 0.25) is 5.91 Å². The van der Waals surface area contributed by atoms with Crippen molar-refractivity contribution in [2.24, 2.45) is 0 Å². The largest absolute Gasteiger partial charge is 0.481 e. The standard InChI is InChI=1S/C16H20N2O3/c1-16(7-4-8-17-16)15(21)18-10-11(9-14(19)20)12-5-2-3-6-13(12)18/h2-3,5-6,11,17H,4,7-10H2,1H3,(H,19,20). The number of anilines is 1. The fraction of sp³-hybridized carbons (Fsp3) is 0.500. The lowest BCUT2D eigenvalue weighted by Gasteiger charge is -2.29. The van der Waals surface area contributed by atoms with Gasteiger partial charge in [0, 0.05) is 18.2 Å². The van der Waals surface area contributed by atoms with Gasteiger partial charge < -0.3 is 15.3 Å². The number of para-hydroxylation sites is 1. The maximum Gasteiger partial charge on any atom is 0.304 e. The molecule has 112 valence electrons. The Labute approximate surface area is 123 Å². The molecule has 2 unspecified atom stereocenters. The third kappa shape index (κ3) is 2.42. The first kappa shape index (κ1) is 14.1. The summed E-state index contributed by atoms with van der Waals surface area (Å²) < 4.78 is 0. The Kier molecular flexibility index (Phi) is 3.45. The zero-order valence-corrected chi connectivity index (χ0v) is 12.1. The Morgan fingerprint density at radius 1 is 1.43 bits per heavy atom. The monoisotopic (exact) mass is 288 g/mol. The van der Waals surface area contributed by atoms with Gasteiger partial charge in [0.25, 0.3) is 0 Å². The number of carbonyl (C=O) groups is 2. The van der Waals surface area contributed by atoms with Gasteiger partial charge in [-0.3, -0.25) is 9.59 Å². The van der Waals surface area contributed by atoms with Crippen molar-refractivity contribution in [1.29, 1.82) is 0 Å². The lowest BCUT2D eigenvalue weighted by Crippen LogP contribution is -2.52. The number of fused-ring (bicyclic) bond motifs is 1. The molecule has 0 aromatic heterocycles. The van der Waals surface area contributed by atoms with Crippen molar-refractivity contribution in [3.63, 3.8) is 0 Å². The normalized spacial score (nSPS) is 27.7. The van der Waals surface area contributed by atoms with E-state index in [4.69, 9.17) is 5.11 Å². The van der Waals surface area contributed by atoms with E-state index >= 15 is 0 Å². The third-order valence-electron chi connectivity index (χ3n) is 4.58. The first-order chi connectivity index (χ1) is 10.0. The number of carboxylic acid groups (broad SMARTS) is 1. The van der Waals surface area contributed by atoms with Crippen LogP contribution in [0.1, 0.15) is 37.7 Å². The van der Waals surface area contributed by atoms with E-state index < -0.39 is 11.5 Å². The minimum Gasteiger partial charge on any atom is -0.481 e. The second kappa shape index (κ2) is 5.15. The summed E-state index contributed by atoms with van der Waals surface area (Å²) >= 11 is 0. The SMILES string of the molecule is CC1(C(=O)N2CC(CC(=O)O)c3ccccc32)CCCN1. The second-order valence-electron chi connectivity index (χ2n) is 6.13. The Balaban J connectivity index is 1.90. The Bertz CT molecular complexity index is 579. The van der Waals surface area contributed by atoms with E-state index in [2.05, 4.69) is 5.32 Å². The van der Waals surface area contributed by atoms with Gasteiger partial charge in [-0.25, -0.2) is 0 Å². The highest BCUT2D eigenvalue weighted by atomic mass is 16.4. The molecule has 5 nitrogen and oxygen atoms in total. The van der Waals surface area contributed by atoms with Crippen molar-refractivity contribution >= 4 is 17.6 Å². The van der Waals surface area contributed by atoms with Gasteiger partial charge in [-0.2, -0.15) is 0 Å². The summed E-state index contributed by atoms with van der Waals surface area (Å²) in [5.74, 6) is -0.887. The smallest absolute Gasteiger partial charge is 0.304 e. The number of rotatable bonds is 3. The van der Waals surface area contributed by atoms with E-state index in [9.17, 15) is 9.59 Å². The maximum atomic E-state index is 12.9. The molecule has 2 heterocycles. The predicted octanol–water partition coefficient (Wildman–Crippen LogP) is 1.73. The van der Waals surface area contributed by atoms with Crippen LogP contribution < -0.4 is 10.2 Å². The Morgan fingerprint density at radius 2 is 2.19 bits per heavy atom. The molecule has 2 aliphatic heterocycles. The van der Waals surface area contributed by atoms with Crippen LogP contribution >= 0.6 is 0 Å². The first-order valence-electron chi connectivity index (χ1n) is 7.39. The van der Waals surface area contributed by atoms with Gasteiger partial charge in [0.15, 0.2) is 0 Å². The van der Waals surface area contributed by atoms with E-state index in [0.29, 0.717) is 6.54 Å². The number of carboxylic acids is 1. The number of nitrogens with one attached hydrogen (secondary N) is 1. The summed E-state index contributed by atoms with van der Waals surface area (Å²) in [7, 11) is 0. The first-order valence-corrected chi connectivity index (χ1v) is 7.39. The van der Waals surface area contributed by atoms with Crippen molar-refractivity contribution < 1.29 is 14.7 Å². The van der Waals surface area contributed by atoms with E-state index in [1.807, 2.05) is 31.2 Å². The molecule has 1 aromatic rings. The number of nitrogens with zero attached hydrogens (tertiary/aromatic N) is 1.